The van der Waals surface area contributed by atoms with Crippen molar-refractivity contribution in [2.45, 2.75) is 5.92 Å². The summed E-state index contributed by atoms with van der Waals surface area (Å²) < 4.78 is 5.71. The zero-order valence-electron chi connectivity index (χ0n) is 14.1. The van der Waals surface area contributed by atoms with Gasteiger partial charge in [0.2, 0.25) is 5.95 Å². The molecule has 1 saturated heterocycles. The molecule has 1 aromatic heterocycles. The second-order valence-corrected chi connectivity index (χ2v) is 6.27. The molecule has 1 atom stereocenters. The smallest absolute Gasteiger partial charge is 0.225 e. The monoisotopic (exact) mass is 338 g/mol. The van der Waals surface area contributed by atoms with E-state index in [0.717, 1.165) is 37.9 Å². The van der Waals surface area contributed by atoms with E-state index in [9.17, 15) is 0 Å². The van der Waals surface area contributed by atoms with E-state index in [1.807, 2.05) is 24.3 Å². The van der Waals surface area contributed by atoms with Crippen LogP contribution in [-0.4, -0.2) is 60.2 Å². The van der Waals surface area contributed by atoms with Gasteiger partial charge >= 0.3 is 0 Å². The van der Waals surface area contributed by atoms with Gasteiger partial charge in [-0.15, -0.1) is 0 Å². The number of piperazine rings is 1. The highest BCUT2D eigenvalue weighted by Gasteiger charge is 2.24. The van der Waals surface area contributed by atoms with Crippen LogP contribution in [-0.2, 0) is 0 Å². The van der Waals surface area contributed by atoms with Crippen LogP contribution in [0, 0.1) is 0 Å². The lowest BCUT2D eigenvalue weighted by Gasteiger charge is -2.35. The fraction of sp³-hybridized carbons (Fsp3) is 0.389. The summed E-state index contributed by atoms with van der Waals surface area (Å²) >= 11 is 0. The zero-order chi connectivity index (χ0) is 17.1. The van der Waals surface area contributed by atoms with Gasteiger partial charge in [0.25, 0.3) is 0 Å². The molecular weight excluding hydrogens is 316 g/mol. The Balaban J connectivity index is 1.33. The standard InChI is InChI=1S/C18H22N6O/c19-17(22-12-14-13-25-16-5-2-1-4-15(14)16)23-8-10-24(11-9-23)18-20-6-3-7-21-18/h1-7,14H,8-13H2,(H2,19,22). The lowest BCUT2D eigenvalue weighted by atomic mass is 10.0. The summed E-state index contributed by atoms with van der Waals surface area (Å²) in [5.41, 5.74) is 7.44. The molecule has 3 heterocycles. The van der Waals surface area contributed by atoms with Crippen LogP contribution >= 0.6 is 0 Å². The van der Waals surface area contributed by atoms with Crippen LogP contribution in [0.2, 0.25) is 0 Å². The fourth-order valence-electron chi connectivity index (χ4n) is 3.27. The Morgan fingerprint density at radius 2 is 1.88 bits per heavy atom. The molecule has 2 aliphatic rings. The highest BCUT2D eigenvalue weighted by Crippen LogP contribution is 2.33. The molecule has 7 heteroatoms. The predicted molar refractivity (Wildman–Crippen MR) is 97.0 cm³/mol. The van der Waals surface area contributed by atoms with Gasteiger partial charge in [-0.3, -0.25) is 4.99 Å². The number of nitrogens with zero attached hydrogens (tertiary/aromatic N) is 5. The minimum atomic E-state index is 0.286. The van der Waals surface area contributed by atoms with Crippen LogP contribution in [0.3, 0.4) is 0 Å². The van der Waals surface area contributed by atoms with E-state index in [1.54, 1.807) is 12.4 Å². The maximum atomic E-state index is 6.22. The van der Waals surface area contributed by atoms with Crippen LogP contribution in [0.5, 0.6) is 5.75 Å². The predicted octanol–water partition coefficient (Wildman–Crippen LogP) is 1.09. The van der Waals surface area contributed by atoms with Gasteiger partial charge in [0.1, 0.15) is 5.75 Å². The number of ether oxygens (including phenoxy) is 1. The Morgan fingerprint density at radius 3 is 2.68 bits per heavy atom. The van der Waals surface area contributed by atoms with Crippen molar-refractivity contribution >= 4 is 11.9 Å². The summed E-state index contributed by atoms with van der Waals surface area (Å²) in [5.74, 6) is 2.64. The normalized spacial score (nSPS) is 20.3. The van der Waals surface area contributed by atoms with Crippen molar-refractivity contribution < 1.29 is 4.74 Å². The molecule has 25 heavy (non-hydrogen) atoms. The van der Waals surface area contributed by atoms with E-state index < -0.39 is 0 Å². The first kappa shape index (κ1) is 15.7. The number of aromatic nitrogens is 2. The molecule has 0 saturated carbocycles. The second kappa shape index (κ2) is 6.96. The minimum Gasteiger partial charge on any atom is -0.493 e. The lowest BCUT2D eigenvalue weighted by molar-refractivity contribution is 0.331. The first-order chi connectivity index (χ1) is 12.3. The first-order valence-electron chi connectivity index (χ1n) is 8.60. The highest BCUT2D eigenvalue weighted by atomic mass is 16.5. The van der Waals surface area contributed by atoms with Crippen LogP contribution in [0.25, 0.3) is 0 Å². The number of hydrogen-bond acceptors (Lipinski definition) is 5. The maximum Gasteiger partial charge on any atom is 0.225 e. The number of fused-ring (bicyclic) bond motifs is 1. The fourth-order valence-corrected chi connectivity index (χ4v) is 3.27. The summed E-state index contributed by atoms with van der Waals surface area (Å²) in [5, 5.41) is 0. The molecule has 1 aromatic carbocycles. The Bertz CT molecular complexity index is 742. The molecule has 4 rings (SSSR count). The molecule has 2 N–H and O–H groups in total. The number of nitrogens with two attached hydrogens (primary N) is 1. The third-order valence-corrected chi connectivity index (χ3v) is 4.71. The number of rotatable bonds is 3. The van der Waals surface area contributed by atoms with Gasteiger partial charge in [-0.1, -0.05) is 18.2 Å². The first-order valence-corrected chi connectivity index (χ1v) is 8.60. The molecule has 7 nitrogen and oxygen atoms in total. The Labute approximate surface area is 147 Å². The number of aliphatic imine (C=N–C) groups is 1. The minimum absolute atomic E-state index is 0.286. The number of guanidine groups is 1. The van der Waals surface area contributed by atoms with Gasteiger partial charge < -0.3 is 20.3 Å². The molecular formula is C18H22N6O. The number of benzene rings is 1. The van der Waals surface area contributed by atoms with Crippen LogP contribution in [0.4, 0.5) is 5.95 Å². The van der Waals surface area contributed by atoms with E-state index in [0.29, 0.717) is 19.1 Å². The molecule has 0 spiro atoms. The van der Waals surface area contributed by atoms with Gasteiger partial charge in [0, 0.05) is 50.1 Å². The summed E-state index contributed by atoms with van der Waals surface area (Å²) in [7, 11) is 0. The number of para-hydroxylation sites is 1. The van der Waals surface area contributed by atoms with Crippen molar-refractivity contribution in [3.05, 3.63) is 48.3 Å². The SMILES string of the molecule is NC(=NCC1COc2ccccc21)N1CCN(c2ncccn2)CC1. The Hall–Kier alpha value is -2.83. The molecule has 130 valence electrons. The number of hydrogen-bond donors (Lipinski definition) is 1. The van der Waals surface area contributed by atoms with Crippen LogP contribution in [0.1, 0.15) is 11.5 Å². The molecule has 2 aliphatic heterocycles. The zero-order valence-corrected chi connectivity index (χ0v) is 14.1. The summed E-state index contributed by atoms with van der Waals surface area (Å²) in [6.45, 7) is 4.67. The average Bonchev–Trinajstić information content (AvgIpc) is 3.10. The summed E-state index contributed by atoms with van der Waals surface area (Å²) in [6.07, 6.45) is 3.54. The van der Waals surface area contributed by atoms with E-state index in [1.165, 1.54) is 5.56 Å². The number of anilines is 1. The third kappa shape index (κ3) is 3.35. The topological polar surface area (TPSA) is 79.9 Å². The molecule has 0 aliphatic carbocycles. The van der Waals surface area contributed by atoms with E-state index in [4.69, 9.17) is 10.5 Å². The van der Waals surface area contributed by atoms with Crippen molar-refractivity contribution in [2.24, 2.45) is 10.7 Å². The molecule has 0 amide bonds. The average molecular weight is 338 g/mol. The van der Waals surface area contributed by atoms with Gasteiger partial charge in [-0.25, -0.2) is 9.97 Å². The third-order valence-electron chi connectivity index (χ3n) is 4.71. The molecule has 1 fully saturated rings. The quantitative estimate of drug-likeness (QED) is 0.667. The largest absolute Gasteiger partial charge is 0.493 e. The van der Waals surface area contributed by atoms with Crippen molar-refractivity contribution in [1.82, 2.24) is 14.9 Å². The Morgan fingerprint density at radius 1 is 1.12 bits per heavy atom. The maximum absolute atomic E-state index is 6.22. The second-order valence-electron chi connectivity index (χ2n) is 6.27. The Kier molecular flexibility index (Phi) is 4.37. The molecule has 0 bridgehead atoms. The molecule has 2 aromatic rings. The lowest BCUT2D eigenvalue weighted by Crippen LogP contribution is -2.51. The highest BCUT2D eigenvalue weighted by molar-refractivity contribution is 5.78. The van der Waals surface area contributed by atoms with Gasteiger partial charge in [0.15, 0.2) is 5.96 Å². The van der Waals surface area contributed by atoms with Gasteiger partial charge in [0.05, 0.1) is 13.2 Å². The molecule has 1 unspecified atom stereocenters. The van der Waals surface area contributed by atoms with Gasteiger partial charge in [-0.05, 0) is 12.1 Å². The van der Waals surface area contributed by atoms with Crippen molar-refractivity contribution in [3.63, 3.8) is 0 Å². The van der Waals surface area contributed by atoms with E-state index >= 15 is 0 Å². The van der Waals surface area contributed by atoms with Crippen molar-refractivity contribution in [3.8, 4) is 5.75 Å². The van der Waals surface area contributed by atoms with Crippen molar-refractivity contribution in [2.75, 3.05) is 44.2 Å². The van der Waals surface area contributed by atoms with Crippen LogP contribution < -0.4 is 15.4 Å². The molecule has 0 radical (unpaired) electrons. The summed E-state index contributed by atoms with van der Waals surface area (Å²) in [6, 6.07) is 9.98. The van der Waals surface area contributed by atoms with Crippen molar-refractivity contribution in [1.29, 1.82) is 0 Å². The van der Waals surface area contributed by atoms with E-state index in [2.05, 4.69) is 30.8 Å². The van der Waals surface area contributed by atoms with Crippen LogP contribution in [0.15, 0.2) is 47.7 Å². The van der Waals surface area contributed by atoms with Gasteiger partial charge in [-0.2, -0.15) is 0 Å². The summed E-state index contributed by atoms with van der Waals surface area (Å²) in [4.78, 5) is 17.5. The van der Waals surface area contributed by atoms with E-state index in [-0.39, 0.29) is 5.92 Å².